The van der Waals surface area contributed by atoms with Gasteiger partial charge >= 0.3 is 0 Å². The van der Waals surface area contributed by atoms with E-state index >= 15 is 0 Å². The van der Waals surface area contributed by atoms with Gasteiger partial charge in [-0.3, -0.25) is 4.79 Å². The zero-order valence-electron chi connectivity index (χ0n) is 7.29. The van der Waals surface area contributed by atoms with E-state index in [2.05, 4.69) is 10.3 Å². The summed E-state index contributed by atoms with van der Waals surface area (Å²) in [6, 6.07) is 9.02. The van der Waals surface area contributed by atoms with Gasteiger partial charge in [-0.05, 0) is 12.1 Å². The van der Waals surface area contributed by atoms with E-state index in [-0.39, 0.29) is 8.28 Å². The normalized spacial score (nSPS) is 10.2. The van der Waals surface area contributed by atoms with Crippen LogP contribution in [-0.2, 0) is 0 Å². The fraction of sp³-hybridized carbons (Fsp3) is 0.100. The van der Waals surface area contributed by atoms with Crippen LogP contribution in [-0.4, -0.2) is 12.0 Å². The zero-order valence-corrected chi connectivity index (χ0v) is 7.29. The molecule has 1 heterocycles. The van der Waals surface area contributed by atoms with Gasteiger partial charge in [-0.2, -0.15) is 0 Å². The Balaban J connectivity index is 0.000000980. The molecule has 0 fully saturated rings. The fourth-order valence-corrected chi connectivity index (χ4v) is 1.33. The van der Waals surface area contributed by atoms with Crippen molar-refractivity contribution >= 4 is 16.7 Å². The van der Waals surface area contributed by atoms with Crippen molar-refractivity contribution in [3.8, 4) is 0 Å². The third-order valence-corrected chi connectivity index (χ3v) is 2.01. The Hall–Kier alpha value is -1.77. The van der Waals surface area contributed by atoms with E-state index in [9.17, 15) is 4.79 Å². The van der Waals surface area contributed by atoms with Crippen LogP contribution < -0.4 is 10.7 Å². The molecule has 2 rings (SSSR count). The van der Waals surface area contributed by atoms with E-state index in [0.717, 1.165) is 16.7 Å². The number of fused-ring (bicyclic) bond motifs is 1. The molecule has 70 valence electrons. The van der Waals surface area contributed by atoms with Crippen LogP contribution >= 0.6 is 0 Å². The molecule has 2 N–H and O–H groups in total. The third-order valence-electron chi connectivity index (χ3n) is 2.01. The van der Waals surface area contributed by atoms with Crippen molar-refractivity contribution in [1.82, 2.24) is 4.98 Å². The second-order valence-electron chi connectivity index (χ2n) is 2.84. The van der Waals surface area contributed by atoms with E-state index in [1.54, 1.807) is 13.1 Å². The average Bonchev–Trinajstić information content (AvgIpc) is 2.18. The first kappa shape index (κ1) is 7.86. The fourth-order valence-electron chi connectivity index (χ4n) is 1.33. The zero-order chi connectivity index (χ0) is 9.26. The van der Waals surface area contributed by atoms with Gasteiger partial charge in [-0.25, -0.2) is 0 Å². The lowest BCUT2D eigenvalue weighted by Gasteiger charge is -2.01. The summed E-state index contributed by atoms with van der Waals surface area (Å²) in [5, 5.41) is 3.63. The standard InChI is InChI=1S/C10H10N2O.2H2/c1-11-10-6-9(13)7-4-2-3-5-8(7)12-10;;/h2-6H,1H3,(H2,11,12,13);2*1H. The maximum Gasteiger partial charge on any atom is 0.191 e. The molecule has 1 aromatic carbocycles. The number of anilines is 1. The molecule has 2 aromatic rings. The molecule has 0 radical (unpaired) electrons. The molecule has 0 saturated heterocycles. The summed E-state index contributed by atoms with van der Waals surface area (Å²) >= 11 is 0. The maximum absolute atomic E-state index is 11.5. The van der Waals surface area contributed by atoms with E-state index in [4.69, 9.17) is 0 Å². The monoisotopic (exact) mass is 178 g/mol. The summed E-state index contributed by atoms with van der Waals surface area (Å²) in [6.07, 6.45) is 0. The molecule has 0 bridgehead atoms. The lowest BCUT2D eigenvalue weighted by molar-refractivity contribution is 1.33. The smallest absolute Gasteiger partial charge is 0.191 e. The van der Waals surface area contributed by atoms with E-state index in [1.807, 2.05) is 24.3 Å². The molecule has 3 heteroatoms. The van der Waals surface area contributed by atoms with Crippen LogP contribution in [0.15, 0.2) is 35.1 Å². The Kier molecular flexibility index (Phi) is 1.77. The summed E-state index contributed by atoms with van der Waals surface area (Å²) < 4.78 is 0. The number of hydrogen-bond acceptors (Lipinski definition) is 2. The second-order valence-corrected chi connectivity index (χ2v) is 2.84. The molecule has 0 spiro atoms. The molecular formula is C10H14N2O. The topological polar surface area (TPSA) is 44.9 Å². The highest BCUT2D eigenvalue weighted by molar-refractivity contribution is 5.79. The Labute approximate surface area is 78.4 Å². The number of benzene rings is 1. The second kappa shape index (κ2) is 2.94. The Bertz CT molecular complexity index is 496. The summed E-state index contributed by atoms with van der Waals surface area (Å²) in [5.41, 5.74) is 0.901. The van der Waals surface area contributed by atoms with E-state index in [1.165, 1.54) is 0 Å². The Morgan fingerprint density at radius 2 is 2.15 bits per heavy atom. The minimum atomic E-state index is 0. The predicted molar refractivity (Wildman–Crippen MR) is 58.3 cm³/mol. The molecule has 3 nitrogen and oxygen atoms in total. The number of H-pyrrole nitrogens is 1. The van der Waals surface area contributed by atoms with Crippen LogP contribution in [0.2, 0.25) is 0 Å². The maximum atomic E-state index is 11.5. The molecule has 13 heavy (non-hydrogen) atoms. The molecule has 0 aliphatic rings. The van der Waals surface area contributed by atoms with Crippen molar-refractivity contribution in [3.05, 3.63) is 40.6 Å². The highest BCUT2D eigenvalue weighted by Gasteiger charge is 1.98. The van der Waals surface area contributed by atoms with Gasteiger partial charge in [-0.1, -0.05) is 12.1 Å². The molecule has 0 aliphatic heterocycles. The minimum Gasteiger partial charge on any atom is -0.375 e. The first-order valence-electron chi connectivity index (χ1n) is 4.11. The van der Waals surface area contributed by atoms with Gasteiger partial charge in [0.15, 0.2) is 5.43 Å². The number of aromatic nitrogens is 1. The number of hydrogen-bond donors (Lipinski definition) is 2. The highest BCUT2D eigenvalue weighted by Crippen LogP contribution is 2.08. The molecule has 0 aliphatic carbocycles. The van der Waals surface area contributed by atoms with Gasteiger partial charge in [-0.15, -0.1) is 0 Å². The molecule has 1 aromatic heterocycles. The summed E-state index contributed by atoms with van der Waals surface area (Å²) in [6.45, 7) is 0. The van der Waals surface area contributed by atoms with Crippen LogP contribution in [0.4, 0.5) is 5.82 Å². The van der Waals surface area contributed by atoms with Crippen LogP contribution in [0, 0.1) is 0 Å². The molecule has 0 unspecified atom stereocenters. The number of rotatable bonds is 1. The molecule has 0 atom stereocenters. The quantitative estimate of drug-likeness (QED) is 0.702. The summed E-state index contributed by atoms with van der Waals surface area (Å²) in [4.78, 5) is 14.6. The van der Waals surface area contributed by atoms with Gasteiger partial charge < -0.3 is 10.3 Å². The van der Waals surface area contributed by atoms with Crippen LogP contribution in [0.1, 0.15) is 2.85 Å². The van der Waals surface area contributed by atoms with E-state index in [0.29, 0.717) is 0 Å². The van der Waals surface area contributed by atoms with Crippen LogP contribution in [0.3, 0.4) is 0 Å². The Morgan fingerprint density at radius 1 is 1.38 bits per heavy atom. The lowest BCUT2D eigenvalue weighted by atomic mass is 10.2. The van der Waals surface area contributed by atoms with Gasteiger partial charge in [0, 0.05) is 21.4 Å². The first-order valence-corrected chi connectivity index (χ1v) is 4.11. The number of aromatic amines is 1. The van der Waals surface area contributed by atoms with Crippen molar-refractivity contribution in [3.63, 3.8) is 0 Å². The van der Waals surface area contributed by atoms with Gasteiger partial charge in [0.05, 0.1) is 5.52 Å². The largest absolute Gasteiger partial charge is 0.375 e. The van der Waals surface area contributed by atoms with Crippen molar-refractivity contribution in [2.24, 2.45) is 0 Å². The SMILES string of the molecule is CNc1cc(=O)c2ccccc2[nH]1.[HH].[HH]. The number of nitrogens with one attached hydrogen (secondary N) is 2. The molecular weight excluding hydrogens is 164 g/mol. The van der Waals surface area contributed by atoms with Crippen molar-refractivity contribution in [1.29, 1.82) is 0 Å². The van der Waals surface area contributed by atoms with Crippen LogP contribution in [0.5, 0.6) is 0 Å². The summed E-state index contributed by atoms with van der Waals surface area (Å²) in [5.74, 6) is 0.740. The minimum absolute atomic E-state index is 0. The molecule has 0 amide bonds. The van der Waals surface area contributed by atoms with Gasteiger partial charge in [0.2, 0.25) is 0 Å². The average molecular weight is 178 g/mol. The van der Waals surface area contributed by atoms with Crippen LogP contribution in [0.25, 0.3) is 10.9 Å². The predicted octanol–water partition coefficient (Wildman–Crippen LogP) is 2.06. The van der Waals surface area contributed by atoms with Gasteiger partial charge in [0.1, 0.15) is 5.82 Å². The van der Waals surface area contributed by atoms with Crippen molar-refractivity contribution < 1.29 is 2.85 Å². The van der Waals surface area contributed by atoms with Crippen molar-refractivity contribution in [2.75, 3.05) is 12.4 Å². The number of para-hydroxylation sites is 1. The third kappa shape index (κ3) is 1.28. The van der Waals surface area contributed by atoms with Gasteiger partial charge in [0.25, 0.3) is 0 Å². The van der Waals surface area contributed by atoms with Crippen molar-refractivity contribution in [2.45, 2.75) is 0 Å². The molecule has 0 saturated carbocycles. The first-order chi connectivity index (χ1) is 6.31. The number of pyridine rings is 1. The van der Waals surface area contributed by atoms with E-state index < -0.39 is 0 Å². The highest BCUT2D eigenvalue weighted by atomic mass is 16.1. The summed E-state index contributed by atoms with van der Waals surface area (Å²) in [7, 11) is 1.78. The Morgan fingerprint density at radius 3 is 2.92 bits per heavy atom. The lowest BCUT2D eigenvalue weighted by Crippen LogP contribution is -2.04.